The molecule has 1 heterocycles. The number of hydrogen-bond donors (Lipinski definition) is 1. The molecule has 1 fully saturated rings. The minimum Gasteiger partial charge on any atom is -0.299 e. The molecule has 0 radical (unpaired) electrons. The van der Waals surface area contributed by atoms with Gasteiger partial charge in [-0.05, 0) is 31.8 Å². The number of nitrogens with zero attached hydrogens (tertiary/aromatic N) is 1. The van der Waals surface area contributed by atoms with Crippen LogP contribution in [0.3, 0.4) is 0 Å². The van der Waals surface area contributed by atoms with Crippen molar-refractivity contribution in [1.82, 2.24) is 4.90 Å². The molecule has 15 heavy (non-hydrogen) atoms. The Balaban J connectivity index is 2.33. The van der Waals surface area contributed by atoms with Crippen LogP contribution in [0, 0.1) is 5.92 Å². The first-order chi connectivity index (χ1) is 6.87. The van der Waals surface area contributed by atoms with Crippen molar-refractivity contribution in [3.63, 3.8) is 0 Å². The van der Waals surface area contributed by atoms with Crippen molar-refractivity contribution in [2.45, 2.75) is 12.8 Å². The fraction of sp³-hybridized carbons (Fsp3) is 0.778. The van der Waals surface area contributed by atoms with Crippen LogP contribution < -0.4 is 5.14 Å². The maximum absolute atomic E-state index is 10.9. The summed E-state index contributed by atoms with van der Waals surface area (Å²) in [6, 6.07) is 0. The minimum absolute atomic E-state index is 0.121. The normalized spacial score (nSPS) is 20.4. The van der Waals surface area contributed by atoms with Gasteiger partial charge in [0.2, 0.25) is 10.0 Å². The Morgan fingerprint density at radius 1 is 1.47 bits per heavy atom. The van der Waals surface area contributed by atoms with Crippen molar-refractivity contribution in [1.29, 1.82) is 0 Å². The van der Waals surface area contributed by atoms with Gasteiger partial charge in [-0.1, -0.05) is 22.5 Å². The molecule has 6 heteroatoms. The lowest BCUT2D eigenvalue weighted by Gasteiger charge is -2.31. The number of hydrogen-bond acceptors (Lipinski definition) is 3. The van der Waals surface area contributed by atoms with Crippen molar-refractivity contribution >= 4 is 26.0 Å². The third-order valence-electron chi connectivity index (χ3n) is 2.57. The van der Waals surface area contributed by atoms with E-state index in [-0.39, 0.29) is 11.7 Å². The molecule has 1 rings (SSSR count). The summed E-state index contributed by atoms with van der Waals surface area (Å²) in [7, 11) is -3.31. The first-order valence-electron chi connectivity index (χ1n) is 4.93. The Bertz CT molecular complexity index is 321. The number of halogens is 1. The molecule has 0 aliphatic carbocycles. The first-order valence-corrected chi connectivity index (χ1v) is 7.44. The van der Waals surface area contributed by atoms with Crippen LogP contribution in [0.4, 0.5) is 0 Å². The van der Waals surface area contributed by atoms with Crippen LogP contribution in [-0.4, -0.2) is 38.7 Å². The molecule has 0 saturated carbocycles. The molecule has 0 bridgehead atoms. The molecule has 1 aliphatic heterocycles. The lowest BCUT2D eigenvalue weighted by atomic mass is 9.99. The van der Waals surface area contributed by atoms with E-state index in [9.17, 15) is 8.42 Å². The van der Waals surface area contributed by atoms with Crippen molar-refractivity contribution in [3.05, 3.63) is 11.1 Å². The standard InChI is InChI=1S/C9H17BrN2O2S/c1-8(10)6-12-4-2-9(3-5-12)7-15(11,13)14/h9H,1-7H2,(H2,11,13,14). The van der Waals surface area contributed by atoms with E-state index in [2.05, 4.69) is 27.4 Å². The smallest absolute Gasteiger partial charge is 0.209 e. The number of primary sulfonamides is 1. The van der Waals surface area contributed by atoms with Crippen LogP contribution in [0.2, 0.25) is 0 Å². The zero-order valence-corrected chi connectivity index (χ0v) is 11.1. The van der Waals surface area contributed by atoms with E-state index >= 15 is 0 Å². The van der Waals surface area contributed by atoms with Gasteiger partial charge < -0.3 is 0 Å². The molecule has 4 nitrogen and oxygen atoms in total. The summed E-state index contributed by atoms with van der Waals surface area (Å²) >= 11 is 3.32. The Morgan fingerprint density at radius 2 is 2.00 bits per heavy atom. The van der Waals surface area contributed by atoms with Crippen molar-refractivity contribution < 1.29 is 8.42 Å². The van der Waals surface area contributed by atoms with E-state index < -0.39 is 10.0 Å². The quantitative estimate of drug-likeness (QED) is 0.838. The molecule has 2 N–H and O–H groups in total. The largest absolute Gasteiger partial charge is 0.299 e. The number of nitrogens with two attached hydrogens (primary N) is 1. The van der Waals surface area contributed by atoms with Crippen molar-refractivity contribution in [2.24, 2.45) is 11.1 Å². The number of likely N-dealkylation sites (tertiary alicyclic amines) is 1. The number of rotatable bonds is 4. The molecule has 0 aromatic carbocycles. The van der Waals surface area contributed by atoms with Gasteiger partial charge in [0.1, 0.15) is 0 Å². The monoisotopic (exact) mass is 296 g/mol. The van der Waals surface area contributed by atoms with Gasteiger partial charge >= 0.3 is 0 Å². The fourth-order valence-electron chi connectivity index (χ4n) is 1.88. The van der Waals surface area contributed by atoms with Gasteiger partial charge in [-0.15, -0.1) is 0 Å². The molecule has 0 aromatic rings. The zero-order valence-electron chi connectivity index (χ0n) is 8.65. The van der Waals surface area contributed by atoms with Crippen LogP contribution in [-0.2, 0) is 10.0 Å². The predicted octanol–water partition coefficient (Wildman–Crippen LogP) is 0.896. The van der Waals surface area contributed by atoms with Gasteiger partial charge in [-0.2, -0.15) is 0 Å². The summed E-state index contributed by atoms with van der Waals surface area (Å²) in [6.07, 6.45) is 1.80. The van der Waals surface area contributed by atoms with Gasteiger partial charge in [0.25, 0.3) is 0 Å². The summed E-state index contributed by atoms with van der Waals surface area (Å²) in [5.41, 5.74) is 0. The van der Waals surface area contributed by atoms with Crippen LogP contribution in [0.1, 0.15) is 12.8 Å². The molecule has 0 amide bonds. The summed E-state index contributed by atoms with van der Waals surface area (Å²) in [5, 5.41) is 5.02. The van der Waals surface area contributed by atoms with Gasteiger partial charge in [-0.25, -0.2) is 13.6 Å². The average molecular weight is 297 g/mol. The lowest BCUT2D eigenvalue weighted by Crippen LogP contribution is -2.37. The van der Waals surface area contributed by atoms with E-state index in [0.29, 0.717) is 0 Å². The van der Waals surface area contributed by atoms with E-state index in [4.69, 9.17) is 5.14 Å². The van der Waals surface area contributed by atoms with Crippen molar-refractivity contribution in [3.8, 4) is 0 Å². The minimum atomic E-state index is -3.31. The highest BCUT2D eigenvalue weighted by Gasteiger charge is 2.22. The maximum Gasteiger partial charge on any atom is 0.209 e. The summed E-state index contributed by atoms with van der Waals surface area (Å²) in [4.78, 5) is 2.26. The second kappa shape index (κ2) is 5.43. The highest BCUT2D eigenvalue weighted by Crippen LogP contribution is 2.19. The Kier molecular flexibility index (Phi) is 4.76. The molecule has 0 aromatic heterocycles. The van der Waals surface area contributed by atoms with Gasteiger partial charge in [0.05, 0.1) is 5.75 Å². The zero-order chi connectivity index (χ0) is 11.5. The molecule has 1 aliphatic rings. The molecule has 0 unspecified atom stereocenters. The SMILES string of the molecule is C=C(Br)CN1CCC(CS(N)(=O)=O)CC1. The maximum atomic E-state index is 10.9. The van der Waals surface area contributed by atoms with Gasteiger partial charge in [0.15, 0.2) is 0 Å². The molecule has 0 spiro atoms. The Hall–Kier alpha value is 0.0900. The third-order valence-corrected chi connectivity index (χ3v) is 3.76. The van der Waals surface area contributed by atoms with E-state index in [1.165, 1.54) is 0 Å². The molecular formula is C9H17BrN2O2S. The molecular weight excluding hydrogens is 280 g/mol. The molecule has 0 atom stereocenters. The first kappa shape index (κ1) is 13.2. The van der Waals surface area contributed by atoms with E-state index in [0.717, 1.165) is 37.0 Å². The lowest BCUT2D eigenvalue weighted by molar-refractivity contribution is 0.210. The second-order valence-corrected chi connectivity index (χ2v) is 6.85. The van der Waals surface area contributed by atoms with Gasteiger partial charge in [0, 0.05) is 11.0 Å². The third kappa shape index (κ3) is 5.65. The topological polar surface area (TPSA) is 63.4 Å². The second-order valence-electron chi connectivity index (χ2n) is 4.07. The summed E-state index contributed by atoms with van der Waals surface area (Å²) in [5.74, 6) is 0.343. The highest BCUT2D eigenvalue weighted by atomic mass is 79.9. The Morgan fingerprint density at radius 3 is 2.40 bits per heavy atom. The summed E-state index contributed by atoms with van der Waals surface area (Å²) in [6.45, 7) is 6.47. The predicted molar refractivity (Wildman–Crippen MR) is 65.2 cm³/mol. The molecule has 1 saturated heterocycles. The summed E-state index contributed by atoms with van der Waals surface area (Å²) < 4.78 is 22.8. The van der Waals surface area contributed by atoms with Crippen LogP contribution >= 0.6 is 15.9 Å². The number of sulfonamides is 1. The fourth-order valence-corrected chi connectivity index (χ4v) is 3.23. The Labute approximate surface area is 99.7 Å². The van der Waals surface area contributed by atoms with E-state index in [1.807, 2.05) is 0 Å². The van der Waals surface area contributed by atoms with Crippen LogP contribution in [0.25, 0.3) is 0 Å². The molecule has 88 valence electrons. The average Bonchev–Trinajstić information content (AvgIpc) is 2.05. The van der Waals surface area contributed by atoms with Gasteiger partial charge in [-0.3, -0.25) is 4.90 Å². The van der Waals surface area contributed by atoms with E-state index in [1.54, 1.807) is 0 Å². The number of piperidine rings is 1. The van der Waals surface area contributed by atoms with Crippen LogP contribution in [0.15, 0.2) is 11.1 Å². The van der Waals surface area contributed by atoms with Crippen LogP contribution in [0.5, 0.6) is 0 Å². The highest BCUT2D eigenvalue weighted by molar-refractivity contribution is 9.11. The van der Waals surface area contributed by atoms with Crippen molar-refractivity contribution in [2.75, 3.05) is 25.4 Å².